The molecular weight excluding hydrogens is 343 g/mol. The van der Waals surface area contributed by atoms with Crippen LogP contribution >= 0.6 is 12.4 Å². The Hall–Kier alpha value is -1.18. The zero-order valence-corrected chi connectivity index (χ0v) is 15.1. The van der Waals surface area contributed by atoms with Gasteiger partial charge in [0, 0.05) is 18.2 Å². The van der Waals surface area contributed by atoms with Gasteiger partial charge < -0.3 is 11.1 Å². The number of hydrogen-bond donors (Lipinski definition) is 2. The highest BCUT2D eigenvalue weighted by molar-refractivity contribution is 7.90. The Balaban J connectivity index is 0.00000484. The molecule has 0 aromatic heterocycles. The normalized spacial score (nSPS) is 13.1. The van der Waals surface area contributed by atoms with Gasteiger partial charge in [0.1, 0.15) is 15.7 Å². The second-order valence-electron chi connectivity index (χ2n) is 6.13. The second kappa shape index (κ2) is 8.61. The summed E-state index contributed by atoms with van der Waals surface area (Å²) in [6.45, 7) is 4.16. The molecular formula is C15H24ClFN2O3S. The van der Waals surface area contributed by atoms with Crippen LogP contribution in [0, 0.1) is 5.82 Å². The van der Waals surface area contributed by atoms with Gasteiger partial charge in [-0.25, -0.2) is 12.8 Å². The van der Waals surface area contributed by atoms with E-state index in [0.717, 1.165) is 11.8 Å². The second-order valence-corrected chi connectivity index (χ2v) is 8.39. The minimum Gasteiger partial charge on any atom is -0.354 e. The Kier molecular flexibility index (Phi) is 8.17. The summed E-state index contributed by atoms with van der Waals surface area (Å²) >= 11 is 0. The maximum atomic E-state index is 12.9. The molecule has 1 amide bonds. The van der Waals surface area contributed by atoms with Crippen LogP contribution in [-0.2, 0) is 20.0 Å². The number of nitrogens with two attached hydrogens (primary N) is 1. The number of amides is 1. The number of benzene rings is 1. The van der Waals surface area contributed by atoms with Crippen molar-refractivity contribution in [1.29, 1.82) is 0 Å². The van der Waals surface area contributed by atoms with Crippen LogP contribution in [0.1, 0.15) is 25.8 Å². The van der Waals surface area contributed by atoms with Gasteiger partial charge in [-0.1, -0.05) is 26.0 Å². The molecule has 23 heavy (non-hydrogen) atoms. The summed E-state index contributed by atoms with van der Waals surface area (Å²) in [7, 11) is -3.14. The lowest BCUT2D eigenvalue weighted by atomic mass is 9.84. The van der Waals surface area contributed by atoms with Crippen molar-refractivity contribution in [3.63, 3.8) is 0 Å². The van der Waals surface area contributed by atoms with E-state index in [1.54, 1.807) is 12.1 Å². The number of hydrogen-bond acceptors (Lipinski definition) is 4. The average Bonchev–Trinajstić information content (AvgIpc) is 2.42. The molecule has 0 fully saturated rings. The standard InChI is InChI=1S/C15H23FN2O3S.ClH/c1-15(2,11-4-6-12(16)7-5-11)10-18-14(19)13(17)8-9-22(3,20)21;/h4-7,13H,8-10,17H2,1-3H3,(H,18,19);1H. The van der Waals surface area contributed by atoms with Gasteiger partial charge in [-0.2, -0.15) is 0 Å². The monoisotopic (exact) mass is 366 g/mol. The summed E-state index contributed by atoms with van der Waals surface area (Å²) in [6, 6.07) is 5.22. The summed E-state index contributed by atoms with van der Waals surface area (Å²) in [5.74, 6) is -0.826. The number of carbonyl (C=O) groups excluding carboxylic acids is 1. The average molecular weight is 367 g/mol. The summed E-state index contributed by atoms with van der Waals surface area (Å²) in [5, 5.41) is 2.72. The molecule has 0 saturated heterocycles. The smallest absolute Gasteiger partial charge is 0.236 e. The summed E-state index contributed by atoms with van der Waals surface area (Å²) in [5.41, 5.74) is 6.19. The van der Waals surface area contributed by atoms with Crippen molar-refractivity contribution in [2.24, 2.45) is 5.73 Å². The Labute approximate surface area is 143 Å². The van der Waals surface area contributed by atoms with Crippen molar-refractivity contribution in [3.8, 4) is 0 Å². The van der Waals surface area contributed by atoms with Gasteiger partial charge >= 0.3 is 0 Å². The van der Waals surface area contributed by atoms with Crippen LogP contribution in [0.4, 0.5) is 4.39 Å². The highest BCUT2D eigenvalue weighted by Crippen LogP contribution is 2.22. The van der Waals surface area contributed by atoms with Crippen LogP contribution in [0.3, 0.4) is 0 Å². The molecule has 5 nitrogen and oxygen atoms in total. The van der Waals surface area contributed by atoms with Gasteiger partial charge in [-0.05, 0) is 24.1 Å². The molecule has 0 heterocycles. The Morgan fingerprint density at radius 3 is 2.30 bits per heavy atom. The highest BCUT2D eigenvalue weighted by Gasteiger charge is 2.23. The van der Waals surface area contributed by atoms with Gasteiger partial charge in [0.05, 0.1) is 11.8 Å². The van der Waals surface area contributed by atoms with E-state index in [9.17, 15) is 17.6 Å². The molecule has 0 bridgehead atoms. The molecule has 0 radical (unpaired) electrons. The molecule has 1 atom stereocenters. The molecule has 1 rings (SSSR count). The van der Waals surface area contributed by atoms with Crippen LogP contribution in [0.25, 0.3) is 0 Å². The van der Waals surface area contributed by atoms with E-state index in [1.165, 1.54) is 12.1 Å². The third-order valence-electron chi connectivity index (χ3n) is 3.47. The molecule has 1 aromatic rings. The van der Waals surface area contributed by atoms with Crippen molar-refractivity contribution >= 4 is 28.2 Å². The van der Waals surface area contributed by atoms with Crippen LogP contribution in [-0.4, -0.2) is 38.9 Å². The number of halogens is 2. The molecule has 3 N–H and O–H groups in total. The Bertz CT molecular complexity index is 618. The highest BCUT2D eigenvalue weighted by atomic mass is 35.5. The van der Waals surface area contributed by atoms with Crippen molar-refractivity contribution in [1.82, 2.24) is 5.32 Å². The fourth-order valence-corrected chi connectivity index (χ4v) is 2.60. The SMILES string of the molecule is CC(C)(CNC(=O)C(N)CCS(C)(=O)=O)c1ccc(F)cc1.Cl. The van der Waals surface area contributed by atoms with Crippen molar-refractivity contribution in [2.75, 3.05) is 18.6 Å². The maximum Gasteiger partial charge on any atom is 0.236 e. The topological polar surface area (TPSA) is 89.3 Å². The fraction of sp³-hybridized carbons (Fsp3) is 0.533. The molecule has 0 saturated carbocycles. The van der Waals surface area contributed by atoms with E-state index in [0.29, 0.717) is 6.54 Å². The molecule has 132 valence electrons. The molecule has 1 aromatic carbocycles. The predicted octanol–water partition coefficient (Wildman–Crippen LogP) is 1.40. The largest absolute Gasteiger partial charge is 0.354 e. The summed E-state index contributed by atoms with van der Waals surface area (Å²) in [4.78, 5) is 11.9. The molecule has 8 heteroatoms. The van der Waals surface area contributed by atoms with E-state index in [1.807, 2.05) is 13.8 Å². The van der Waals surface area contributed by atoms with Crippen LogP contribution in [0.5, 0.6) is 0 Å². The first-order valence-electron chi connectivity index (χ1n) is 6.98. The number of carbonyl (C=O) groups is 1. The number of nitrogens with one attached hydrogen (secondary N) is 1. The van der Waals surface area contributed by atoms with Crippen LogP contribution in [0.15, 0.2) is 24.3 Å². The molecule has 1 unspecified atom stereocenters. The lowest BCUT2D eigenvalue weighted by molar-refractivity contribution is -0.122. The molecule has 0 aliphatic heterocycles. The molecule has 0 aliphatic rings. The zero-order valence-electron chi connectivity index (χ0n) is 13.5. The zero-order chi connectivity index (χ0) is 17.0. The van der Waals surface area contributed by atoms with E-state index in [2.05, 4.69) is 5.32 Å². The number of sulfone groups is 1. The van der Waals surface area contributed by atoms with Gasteiger partial charge in [0.2, 0.25) is 5.91 Å². The summed E-state index contributed by atoms with van der Waals surface area (Å²) < 4.78 is 35.1. The first-order valence-corrected chi connectivity index (χ1v) is 9.04. The van der Waals surface area contributed by atoms with Crippen molar-refractivity contribution in [2.45, 2.75) is 31.7 Å². The lowest BCUT2D eigenvalue weighted by Gasteiger charge is -2.26. The van der Waals surface area contributed by atoms with Crippen LogP contribution < -0.4 is 11.1 Å². The van der Waals surface area contributed by atoms with Gasteiger partial charge in [0.15, 0.2) is 0 Å². The fourth-order valence-electron chi connectivity index (χ4n) is 1.91. The summed E-state index contributed by atoms with van der Waals surface area (Å²) in [6.07, 6.45) is 1.19. The quantitative estimate of drug-likeness (QED) is 0.763. The minimum absolute atomic E-state index is 0. The Morgan fingerprint density at radius 1 is 1.30 bits per heavy atom. The van der Waals surface area contributed by atoms with Crippen LogP contribution in [0.2, 0.25) is 0 Å². The third kappa shape index (κ3) is 7.76. The number of rotatable bonds is 7. The van der Waals surface area contributed by atoms with Gasteiger partial charge in [0.25, 0.3) is 0 Å². The molecule has 0 spiro atoms. The first kappa shape index (κ1) is 21.8. The van der Waals surface area contributed by atoms with E-state index in [4.69, 9.17) is 5.73 Å². The predicted molar refractivity (Wildman–Crippen MR) is 92.0 cm³/mol. The first-order chi connectivity index (χ1) is 10.0. The van der Waals surface area contributed by atoms with E-state index >= 15 is 0 Å². The van der Waals surface area contributed by atoms with E-state index < -0.39 is 15.9 Å². The Morgan fingerprint density at radius 2 is 1.83 bits per heavy atom. The third-order valence-corrected chi connectivity index (χ3v) is 4.44. The van der Waals surface area contributed by atoms with Crippen molar-refractivity contribution in [3.05, 3.63) is 35.6 Å². The molecule has 0 aliphatic carbocycles. The lowest BCUT2D eigenvalue weighted by Crippen LogP contribution is -2.45. The van der Waals surface area contributed by atoms with Gasteiger partial charge in [-0.15, -0.1) is 12.4 Å². The van der Waals surface area contributed by atoms with Crippen molar-refractivity contribution < 1.29 is 17.6 Å². The van der Waals surface area contributed by atoms with Gasteiger partial charge in [-0.3, -0.25) is 4.79 Å². The van der Waals surface area contributed by atoms with E-state index in [-0.39, 0.29) is 41.7 Å². The minimum atomic E-state index is -3.14. The maximum absolute atomic E-state index is 12.9.